The van der Waals surface area contributed by atoms with Crippen molar-refractivity contribution < 1.29 is 14.4 Å². The highest BCUT2D eigenvalue weighted by Crippen LogP contribution is 2.74. The third kappa shape index (κ3) is 3.13. The molecule has 0 saturated heterocycles. The van der Waals surface area contributed by atoms with E-state index in [1.807, 2.05) is 32.9 Å². The molecule has 0 heterocycles. The van der Waals surface area contributed by atoms with E-state index < -0.39 is 22.2 Å². The van der Waals surface area contributed by atoms with Crippen LogP contribution in [-0.2, 0) is 14.4 Å². The van der Waals surface area contributed by atoms with Gasteiger partial charge in [0.2, 0.25) is 5.91 Å². The van der Waals surface area contributed by atoms with E-state index in [0.29, 0.717) is 12.8 Å². The van der Waals surface area contributed by atoms with E-state index in [-0.39, 0.29) is 51.1 Å². The van der Waals surface area contributed by atoms with Crippen LogP contribution in [0.5, 0.6) is 0 Å². The molecule has 5 aliphatic rings. The molecule has 202 valence electrons. The van der Waals surface area contributed by atoms with Crippen molar-refractivity contribution >= 4 is 17.5 Å². The van der Waals surface area contributed by atoms with Crippen molar-refractivity contribution in [1.82, 2.24) is 0 Å². The molecule has 0 N–H and O–H groups in total. The lowest BCUT2D eigenvalue weighted by Gasteiger charge is -2.69. The SMILES string of the molecule is CC1(C)C(=O)C(C#N)=C[C@]2(C)C3=CC(=O)C4[C@@H]5C[C@@](C)(C(=O)N=[N+]=[N-])CC[C@]5(C)CC[C@@]4(C)[C@]3(C)CC[C@@H]12. The van der Waals surface area contributed by atoms with Gasteiger partial charge in [-0.05, 0) is 89.7 Å². The lowest BCUT2D eigenvalue weighted by Crippen LogP contribution is -2.64. The summed E-state index contributed by atoms with van der Waals surface area (Å²) in [5, 5.41) is 13.3. The average molecular weight is 517 g/mol. The van der Waals surface area contributed by atoms with E-state index in [1.54, 1.807) is 0 Å². The molecule has 0 bridgehead atoms. The zero-order valence-corrected chi connectivity index (χ0v) is 23.9. The number of nitrogens with zero attached hydrogens (tertiary/aromatic N) is 4. The van der Waals surface area contributed by atoms with Gasteiger partial charge in [0.15, 0.2) is 11.6 Å². The van der Waals surface area contributed by atoms with Gasteiger partial charge in [0, 0.05) is 27.1 Å². The quantitative estimate of drug-likeness (QED) is 0.210. The average Bonchev–Trinajstić information content (AvgIpc) is 2.84. The molecule has 7 nitrogen and oxygen atoms in total. The van der Waals surface area contributed by atoms with Crippen molar-refractivity contribution in [2.75, 3.05) is 0 Å². The first kappa shape index (κ1) is 26.9. The van der Waals surface area contributed by atoms with Gasteiger partial charge in [-0.3, -0.25) is 14.4 Å². The number of hydrogen-bond acceptors (Lipinski definition) is 4. The molecule has 38 heavy (non-hydrogen) atoms. The fourth-order valence-corrected chi connectivity index (χ4v) is 10.1. The molecular weight excluding hydrogens is 476 g/mol. The largest absolute Gasteiger partial charge is 0.295 e. The van der Waals surface area contributed by atoms with E-state index in [9.17, 15) is 19.6 Å². The van der Waals surface area contributed by atoms with Gasteiger partial charge in [-0.25, -0.2) is 0 Å². The second-order valence-corrected chi connectivity index (χ2v) is 14.8. The zero-order chi connectivity index (χ0) is 28.1. The van der Waals surface area contributed by atoms with Crippen molar-refractivity contribution in [3.05, 3.63) is 33.7 Å². The first-order valence-electron chi connectivity index (χ1n) is 14.1. The molecule has 0 aromatic heterocycles. The van der Waals surface area contributed by atoms with E-state index >= 15 is 0 Å². The molecule has 0 radical (unpaired) electrons. The van der Waals surface area contributed by atoms with Crippen molar-refractivity contribution in [2.24, 2.45) is 55.4 Å². The normalized spacial score (nSPS) is 47.1. The summed E-state index contributed by atoms with van der Waals surface area (Å²) in [6, 6.07) is 2.16. The van der Waals surface area contributed by atoms with Crippen LogP contribution in [0.15, 0.2) is 28.4 Å². The number of ketones is 2. The summed E-state index contributed by atoms with van der Waals surface area (Å²) >= 11 is 0. The standard InChI is InChI=1S/C31H40N4O3/c1-26(2)21-8-9-30(6)22(29(21,5)15-18(17-32)24(26)37)14-20(36)23-19-16-28(4,25(38)34-35-33)11-10-27(19,3)12-13-31(23,30)7/h14-15,19,21,23H,8-13,16H2,1-7H3/t19-,21-,23?,27+,28-,29-,30+,31+/m0/s1. The highest BCUT2D eigenvalue weighted by Gasteiger charge is 2.69. The number of hydrogen-bond donors (Lipinski definition) is 0. The minimum atomic E-state index is -0.762. The van der Waals surface area contributed by atoms with Gasteiger partial charge in [0.05, 0.1) is 5.57 Å². The monoisotopic (exact) mass is 516 g/mol. The van der Waals surface area contributed by atoms with Gasteiger partial charge < -0.3 is 0 Å². The number of carbonyl (C=O) groups is 3. The number of azide groups is 1. The summed E-state index contributed by atoms with van der Waals surface area (Å²) < 4.78 is 0. The highest BCUT2D eigenvalue weighted by molar-refractivity contribution is 6.04. The van der Waals surface area contributed by atoms with Gasteiger partial charge in [0.1, 0.15) is 6.07 Å². The predicted molar refractivity (Wildman–Crippen MR) is 143 cm³/mol. The summed E-state index contributed by atoms with van der Waals surface area (Å²) in [7, 11) is 0. The Kier molecular flexibility index (Phi) is 5.60. The third-order valence-electron chi connectivity index (χ3n) is 12.7. The van der Waals surface area contributed by atoms with Crippen molar-refractivity contribution in [1.29, 1.82) is 5.26 Å². The summed E-state index contributed by atoms with van der Waals surface area (Å²) in [5.74, 6) is -0.611. The number of amides is 1. The zero-order valence-electron chi connectivity index (χ0n) is 23.9. The summed E-state index contributed by atoms with van der Waals surface area (Å²) in [4.78, 5) is 43.2. The fourth-order valence-electron chi connectivity index (χ4n) is 10.1. The Morgan fingerprint density at radius 2 is 1.71 bits per heavy atom. The van der Waals surface area contributed by atoms with Crippen molar-refractivity contribution in [3.63, 3.8) is 0 Å². The molecule has 0 aromatic rings. The molecule has 3 fully saturated rings. The van der Waals surface area contributed by atoms with Crippen LogP contribution in [0.2, 0.25) is 0 Å². The fraction of sp³-hybridized carbons (Fsp3) is 0.742. The number of rotatable bonds is 1. The number of allylic oxidation sites excluding steroid dienone is 4. The van der Waals surface area contributed by atoms with Gasteiger partial charge in [-0.2, -0.15) is 5.26 Å². The van der Waals surface area contributed by atoms with E-state index in [1.165, 1.54) is 0 Å². The summed E-state index contributed by atoms with van der Waals surface area (Å²) in [5.41, 5.74) is 7.56. The summed E-state index contributed by atoms with van der Waals surface area (Å²) in [6.07, 6.45) is 9.42. The van der Waals surface area contributed by atoms with Gasteiger partial charge in [-0.1, -0.05) is 60.1 Å². The van der Waals surface area contributed by atoms with Crippen LogP contribution < -0.4 is 0 Å². The Labute approximate surface area is 225 Å². The number of nitriles is 1. The predicted octanol–water partition coefficient (Wildman–Crippen LogP) is 7.04. The third-order valence-corrected chi connectivity index (χ3v) is 12.7. The Bertz CT molecular complexity index is 1310. The minimum Gasteiger partial charge on any atom is -0.295 e. The molecule has 8 atom stereocenters. The van der Waals surface area contributed by atoms with E-state index in [2.05, 4.69) is 43.8 Å². The number of fused-ring (bicyclic) bond motifs is 7. The second-order valence-electron chi connectivity index (χ2n) is 14.8. The van der Waals surface area contributed by atoms with E-state index in [4.69, 9.17) is 5.53 Å². The van der Waals surface area contributed by atoms with Crippen LogP contribution in [0.1, 0.15) is 93.4 Å². The van der Waals surface area contributed by atoms with Crippen LogP contribution in [0, 0.1) is 61.6 Å². The maximum atomic E-state index is 14.3. The highest BCUT2D eigenvalue weighted by atomic mass is 16.2. The number of Topliss-reactive ketones (excluding diaryl/α,β-unsaturated/α-hetero) is 1. The molecule has 0 spiro atoms. The Hall–Kier alpha value is -2.71. The second kappa shape index (κ2) is 7.92. The van der Waals surface area contributed by atoms with Gasteiger partial charge in [0.25, 0.3) is 0 Å². The van der Waals surface area contributed by atoms with Crippen LogP contribution in [-0.4, -0.2) is 17.5 Å². The smallest absolute Gasteiger partial charge is 0.224 e. The molecular formula is C31H40N4O3. The minimum absolute atomic E-state index is 0.0140. The Balaban J connectivity index is 1.66. The molecule has 5 aliphatic carbocycles. The van der Waals surface area contributed by atoms with Gasteiger partial charge in [-0.15, -0.1) is 0 Å². The van der Waals surface area contributed by atoms with Crippen molar-refractivity contribution in [2.45, 2.75) is 93.4 Å². The van der Waals surface area contributed by atoms with Crippen LogP contribution >= 0.6 is 0 Å². The Morgan fingerprint density at radius 1 is 1.05 bits per heavy atom. The molecule has 1 unspecified atom stereocenters. The molecule has 7 heteroatoms. The maximum Gasteiger partial charge on any atom is 0.224 e. The molecule has 3 saturated carbocycles. The Morgan fingerprint density at radius 3 is 2.34 bits per heavy atom. The van der Waals surface area contributed by atoms with E-state index in [0.717, 1.165) is 37.7 Å². The topological polar surface area (TPSA) is 124 Å². The first-order chi connectivity index (χ1) is 17.5. The lowest BCUT2D eigenvalue weighted by atomic mass is 9.34. The van der Waals surface area contributed by atoms with Gasteiger partial charge >= 0.3 is 0 Å². The maximum absolute atomic E-state index is 14.3. The number of carbonyl (C=O) groups excluding carboxylic acids is 3. The lowest BCUT2D eigenvalue weighted by molar-refractivity contribution is -0.171. The van der Waals surface area contributed by atoms with Crippen LogP contribution in [0.4, 0.5) is 0 Å². The molecule has 1 amide bonds. The van der Waals surface area contributed by atoms with Crippen molar-refractivity contribution in [3.8, 4) is 6.07 Å². The van der Waals surface area contributed by atoms with Crippen LogP contribution in [0.25, 0.3) is 10.4 Å². The van der Waals surface area contributed by atoms with Crippen LogP contribution in [0.3, 0.4) is 0 Å². The molecule has 5 rings (SSSR count). The molecule has 0 aliphatic heterocycles. The summed E-state index contributed by atoms with van der Waals surface area (Å²) in [6.45, 7) is 14.8. The molecule has 0 aromatic carbocycles. The first-order valence-corrected chi connectivity index (χ1v) is 14.1.